The van der Waals surface area contributed by atoms with Gasteiger partial charge in [0.15, 0.2) is 16.6 Å². The number of rotatable bonds is 9. The molecule has 5 nitrogen and oxygen atoms in total. The van der Waals surface area contributed by atoms with Crippen molar-refractivity contribution < 1.29 is 18.3 Å². The van der Waals surface area contributed by atoms with Crippen LogP contribution in [0.25, 0.3) is 0 Å². The molecule has 8 heteroatoms. The molecule has 23 heavy (non-hydrogen) atoms. The van der Waals surface area contributed by atoms with Crippen molar-refractivity contribution in [1.29, 1.82) is 0 Å². The zero-order valence-corrected chi connectivity index (χ0v) is 14.0. The highest BCUT2D eigenvalue weighted by atomic mass is 32.1. The van der Waals surface area contributed by atoms with Gasteiger partial charge >= 0.3 is 6.61 Å². The van der Waals surface area contributed by atoms with Crippen LogP contribution in [0.1, 0.15) is 31.7 Å². The lowest BCUT2D eigenvalue weighted by molar-refractivity contribution is -0.0512. The van der Waals surface area contributed by atoms with Crippen LogP contribution in [0.3, 0.4) is 0 Å². The SMILES string of the molecule is CCCCCNC(=S)N/N=C\c1ccc(OC)c(OC(F)F)c1. The summed E-state index contributed by atoms with van der Waals surface area (Å²) in [5.74, 6) is 0.176. The van der Waals surface area contributed by atoms with E-state index in [2.05, 4.69) is 27.5 Å². The number of benzene rings is 1. The van der Waals surface area contributed by atoms with Gasteiger partial charge in [-0.1, -0.05) is 19.8 Å². The van der Waals surface area contributed by atoms with E-state index in [-0.39, 0.29) is 11.5 Å². The van der Waals surface area contributed by atoms with Gasteiger partial charge in [-0.3, -0.25) is 5.43 Å². The van der Waals surface area contributed by atoms with E-state index in [1.165, 1.54) is 25.5 Å². The average Bonchev–Trinajstić information content (AvgIpc) is 2.51. The molecule has 0 heterocycles. The van der Waals surface area contributed by atoms with Crippen molar-refractivity contribution in [1.82, 2.24) is 10.7 Å². The fourth-order valence-electron chi connectivity index (χ4n) is 1.74. The summed E-state index contributed by atoms with van der Waals surface area (Å²) in [6.45, 7) is -0.0136. The van der Waals surface area contributed by atoms with Gasteiger partial charge in [-0.2, -0.15) is 13.9 Å². The number of hydrogen-bond acceptors (Lipinski definition) is 4. The van der Waals surface area contributed by atoms with Crippen molar-refractivity contribution in [2.45, 2.75) is 32.8 Å². The largest absolute Gasteiger partial charge is 0.493 e. The van der Waals surface area contributed by atoms with Crippen molar-refractivity contribution in [3.8, 4) is 11.5 Å². The summed E-state index contributed by atoms with van der Waals surface area (Å²) in [7, 11) is 1.38. The standard InChI is InChI=1S/C15H21F2N3O2S/c1-3-4-5-8-18-15(23)20-19-10-11-6-7-12(21-2)13(9-11)22-14(16)17/h6-7,9-10,14H,3-5,8H2,1-2H3,(H2,18,20,23)/b19-10-. The molecule has 1 aromatic carbocycles. The predicted octanol–water partition coefficient (Wildman–Crippen LogP) is 3.28. The van der Waals surface area contributed by atoms with Crippen molar-refractivity contribution in [2.24, 2.45) is 5.10 Å². The molecule has 0 amide bonds. The minimum atomic E-state index is -2.92. The third-order valence-electron chi connectivity index (χ3n) is 2.85. The van der Waals surface area contributed by atoms with Crippen LogP contribution in [0.4, 0.5) is 8.78 Å². The number of methoxy groups -OCH3 is 1. The maximum absolute atomic E-state index is 12.4. The molecule has 0 bridgehead atoms. The van der Waals surface area contributed by atoms with Crippen molar-refractivity contribution in [2.75, 3.05) is 13.7 Å². The molecule has 0 unspecified atom stereocenters. The second kappa shape index (κ2) is 10.7. The van der Waals surface area contributed by atoms with Crippen LogP contribution in [0.2, 0.25) is 0 Å². The number of nitrogens with one attached hydrogen (secondary N) is 2. The molecule has 0 aliphatic heterocycles. The number of alkyl halides is 2. The topological polar surface area (TPSA) is 54.9 Å². The van der Waals surface area contributed by atoms with Crippen LogP contribution in [-0.4, -0.2) is 31.6 Å². The summed E-state index contributed by atoms with van der Waals surface area (Å²) in [6.07, 6.45) is 4.77. The quantitative estimate of drug-likeness (QED) is 0.311. The van der Waals surface area contributed by atoms with Crippen LogP contribution in [-0.2, 0) is 0 Å². The molecule has 0 spiro atoms. The van der Waals surface area contributed by atoms with Crippen molar-refractivity contribution in [3.05, 3.63) is 23.8 Å². The summed E-state index contributed by atoms with van der Waals surface area (Å²) < 4.78 is 34.1. The number of halogens is 2. The highest BCUT2D eigenvalue weighted by Crippen LogP contribution is 2.28. The van der Waals surface area contributed by atoms with Crippen molar-refractivity contribution >= 4 is 23.5 Å². The number of unbranched alkanes of at least 4 members (excludes halogenated alkanes) is 2. The molecule has 0 radical (unpaired) electrons. The Morgan fingerprint density at radius 1 is 1.35 bits per heavy atom. The lowest BCUT2D eigenvalue weighted by Crippen LogP contribution is -2.32. The minimum absolute atomic E-state index is 0.0493. The Morgan fingerprint density at radius 3 is 2.78 bits per heavy atom. The number of hydrogen-bond donors (Lipinski definition) is 2. The Bertz CT molecular complexity index is 527. The number of thiocarbonyl (C=S) groups is 1. The summed E-state index contributed by atoms with van der Waals surface area (Å²) in [4.78, 5) is 0. The Morgan fingerprint density at radius 2 is 2.13 bits per heavy atom. The molecule has 2 N–H and O–H groups in total. The molecule has 1 rings (SSSR count). The normalized spacial score (nSPS) is 10.8. The molecule has 128 valence electrons. The third kappa shape index (κ3) is 7.73. The van der Waals surface area contributed by atoms with Crippen LogP contribution in [0.5, 0.6) is 11.5 Å². The molecule has 1 aromatic rings. The first-order valence-corrected chi connectivity index (χ1v) is 7.67. The second-order valence-electron chi connectivity index (χ2n) is 4.62. The zero-order valence-electron chi connectivity index (χ0n) is 13.1. The van der Waals surface area contributed by atoms with Gasteiger partial charge in [-0.25, -0.2) is 0 Å². The maximum Gasteiger partial charge on any atom is 0.387 e. The van der Waals surface area contributed by atoms with E-state index in [0.717, 1.165) is 25.8 Å². The van der Waals surface area contributed by atoms with E-state index >= 15 is 0 Å². The van der Waals surface area contributed by atoms with Crippen LogP contribution < -0.4 is 20.2 Å². The van der Waals surface area contributed by atoms with E-state index in [1.807, 2.05) is 0 Å². The number of ether oxygens (including phenoxy) is 2. The molecule has 0 aliphatic rings. The van der Waals surface area contributed by atoms with Crippen LogP contribution >= 0.6 is 12.2 Å². The summed E-state index contributed by atoms with van der Waals surface area (Å²) >= 11 is 5.06. The van der Waals surface area contributed by atoms with E-state index in [4.69, 9.17) is 17.0 Å². The van der Waals surface area contributed by atoms with E-state index < -0.39 is 6.61 Å². The first-order valence-electron chi connectivity index (χ1n) is 7.26. The fourth-order valence-corrected chi connectivity index (χ4v) is 1.90. The van der Waals surface area contributed by atoms with Gasteiger partial charge in [0.25, 0.3) is 0 Å². The van der Waals surface area contributed by atoms with E-state index in [0.29, 0.717) is 10.7 Å². The lowest BCUT2D eigenvalue weighted by Gasteiger charge is -2.10. The zero-order chi connectivity index (χ0) is 17.1. The van der Waals surface area contributed by atoms with Gasteiger partial charge in [-0.15, -0.1) is 0 Å². The van der Waals surface area contributed by atoms with Gasteiger partial charge < -0.3 is 14.8 Å². The van der Waals surface area contributed by atoms with Gasteiger partial charge in [-0.05, 0) is 42.4 Å². The van der Waals surface area contributed by atoms with Gasteiger partial charge in [0.1, 0.15) is 0 Å². The summed E-state index contributed by atoms with van der Waals surface area (Å²) in [5.41, 5.74) is 3.24. The third-order valence-corrected chi connectivity index (χ3v) is 3.08. The van der Waals surface area contributed by atoms with E-state index in [9.17, 15) is 8.78 Å². The van der Waals surface area contributed by atoms with Gasteiger partial charge in [0.2, 0.25) is 0 Å². The molecule has 0 aliphatic carbocycles. The highest BCUT2D eigenvalue weighted by molar-refractivity contribution is 7.80. The first kappa shape index (κ1) is 19.1. The van der Waals surface area contributed by atoms with Crippen molar-refractivity contribution in [3.63, 3.8) is 0 Å². The fraction of sp³-hybridized carbons (Fsp3) is 0.467. The van der Waals surface area contributed by atoms with Crippen LogP contribution in [0.15, 0.2) is 23.3 Å². The summed E-state index contributed by atoms with van der Waals surface area (Å²) in [6, 6.07) is 4.61. The molecular weight excluding hydrogens is 324 g/mol. The Balaban J connectivity index is 2.54. The molecule has 0 atom stereocenters. The minimum Gasteiger partial charge on any atom is -0.493 e. The lowest BCUT2D eigenvalue weighted by atomic mass is 10.2. The Kier molecular flexibility index (Phi) is 8.89. The molecular formula is C15H21F2N3O2S. The molecule has 0 saturated heterocycles. The van der Waals surface area contributed by atoms with Gasteiger partial charge in [0, 0.05) is 6.54 Å². The molecule has 0 fully saturated rings. The second-order valence-corrected chi connectivity index (χ2v) is 5.03. The average molecular weight is 345 g/mol. The number of nitrogens with zero attached hydrogens (tertiary/aromatic N) is 1. The highest BCUT2D eigenvalue weighted by Gasteiger charge is 2.10. The first-order chi connectivity index (χ1) is 11.1. The van der Waals surface area contributed by atoms with Crippen LogP contribution in [0, 0.1) is 0 Å². The Hall–Kier alpha value is -1.96. The monoisotopic (exact) mass is 345 g/mol. The molecule has 0 aromatic heterocycles. The maximum atomic E-state index is 12.4. The Labute approximate surface area is 140 Å². The predicted molar refractivity (Wildman–Crippen MR) is 90.5 cm³/mol. The number of hydrazone groups is 1. The summed E-state index contributed by atoms with van der Waals surface area (Å²) in [5, 5.41) is 7.39. The molecule has 0 saturated carbocycles. The van der Waals surface area contributed by atoms with E-state index in [1.54, 1.807) is 6.07 Å². The van der Waals surface area contributed by atoms with Gasteiger partial charge in [0.05, 0.1) is 13.3 Å². The smallest absolute Gasteiger partial charge is 0.387 e.